The lowest BCUT2D eigenvalue weighted by molar-refractivity contribution is -0.132. The average Bonchev–Trinajstić information content (AvgIpc) is 2.94. The topological polar surface area (TPSA) is 110 Å². The molecule has 0 saturated heterocycles. The van der Waals surface area contributed by atoms with E-state index in [0.717, 1.165) is 32.1 Å². The summed E-state index contributed by atoms with van der Waals surface area (Å²) in [6, 6.07) is -1.02. The first-order chi connectivity index (χ1) is 19.0. The van der Waals surface area contributed by atoms with Crippen molar-refractivity contribution in [3.05, 3.63) is 36.5 Å². The summed E-state index contributed by atoms with van der Waals surface area (Å²) in [7, 11) is 0. The minimum Gasteiger partial charge on any atom is -0.394 e. The fourth-order valence-corrected chi connectivity index (χ4v) is 4.42. The second kappa shape index (κ2) is 28.1. The van der Waals surface area contributed by atoms with Crippen LogP contribution >= 0.6 is 0 Å². The third kappa shape index (κ3) is 23.0. The summed E-state index contributed by atoms with van der Waals surface area (Å²) < 4.78 is 0. The molecule has 0 bridgehead atoms. The number of carbonyl (C=O) groups excluding carboxylic acids is 1. The molecule has 0 heterocycles. The van der Waals surface area contributed by atoms with E-state index in [0.29, 0.717) is 19.3 Å². The Hall–Kier alpha value is -1.47. The van der Waals surface area contributed by atoms with E-state index < -0.39 is 36.9 Å². The molecule has 228 valence electrons. The zero-order chi connectivity index (χ0) is 29.0. The van der Waals surface area contributed by atoms with Gasteiger partial charge in [0.25, 0.3) is 0 Å². The number of hydrogen-bond acceptors (Lipinski definition) is 5. The molecule has 0 aromatic rings. The monoisotopic (exact) mass is 551 g/mol. The molecule has 4 unspecified atom stereocenters. The van der Waals surface area contributed by atoms with E-state index in [-0.39, 0.29) is 6.42 Å². The zero-order valence-electron chi connectivity index (χ0n) is 25.1. The fourth-order valence-electron chi connectivity index (χ4n) is 4.42. The number of hydrogen-bond donors (Lipinski definition) is 5. The third-order valence-electron chi connectivity index (χ3n) is 7.06. The van der Waals surface area contributed by atoms with Gasteiger partial charge in [-0.3, -0.25) is 4.79 Å². The predicted molar refractivity (Wildman–Crippen MR) is 164 cm³/mol. The van der Waals surface area contributed by atoms with Gasteiger partial charge in [0.05, 0.1) is 18.8 Å². The van der Waals surface area contributed by atoms with Gasteiger partial charge in [-0.2, -0.15) is 0 Å². The highest BCUT2D eigenvalue weighted by Gasteiger charge is 2.28. The maximum atomic E-state index is 12.3. The van der Waals surface area contributed by atoms with Gasteiger partial charge in [-0.1, -0.05) is 102 Å². The SMILES string of the molecule is CCCCCC/C=C\CCC(O)C(=O)NC(CO)C(O)C(O)CCC/C=C/CC/C=C/CCCCCCCC. The van der Waals surface area contributed by atoms with Crippen LogP contribution in [-0.2, 0) is 4.79 Å². The predicted octanol–water partition coefficient (Wildman–Crippen LogP) is 6.67. The van der Waals surface area contributed by atoms with Crippen LogP contribution in [0, 0.1) is 0 Å². The standard InChI is InChI=1S/C33H61NO5/c1-3-5-7-9-11-13-14-15-16-17-18-19-21-22-24-26-30(36)32(38)29(28-35)34-33(39)31(37)27-25-23-20-12-10-8-6-4-2/h15-16,19-21,23,29-32,35-38H,3-14,17-18,22,24-28H2,1-2H3,(H,34,39)/b16-15+,21-19+,23-20-. The number of allylic oxidation sites excluding steroid dienone is 6. The molecule has 0 aromatic heterocycles. The summed E-state index contributed by atoms with van der Waals surface area (Å²) in [5.74, 6) is -0.638. The number of aliphatic hydroxyl groups excluding tert-OH is 4. The van der Waals surface area contributed by atoms with Gasteiger partial charge in [0.15, 0.2) is 0 Å². The maximum absolute atomic E-state index is 12.3. The van der Waals surface area contributed by atoms with Gasteiger partial charge in [0.1, 0.15) is 12.2 Å². The zero-order valence-corrected chi connectivity index (χ0v) is 25.1. The van der Waals surface area contributed by atoms with Crippen LogP contribution in [0.3, 0.4) is 0 Å². The molecule has 0 aliphatic heterocycles. The smallest absolute Gasteiger partial charge is 0.249 e. The summed E-state index contributed by atoms with van der Waals surface area (Å²) >= 11 is 0. The highest BCUT2D eigenvalue weighted by molar-refractivity contribution is 5.80. The van der Waals surface area contributed by atoms with Crippen LogP contribution in [0.1, 0.15) is 136 Å². The van der Waals surface area contributed by atoms with Crippen molar-refractivity contribution < 1.29 is 25.2 Å². The van der Waals surface area contributed by atoms with Gasteiger partial charge in [0.2, 0.25) is 5.91 Å². The van der Waals surface area contributed by atoms with Crippen molar-refractivity contribution in [1.29, 1.82) is 0 Å². The molecule has 5 N–H and O–H groups in total. The van der Waals surface area contributed by atoms with Crippen molar-refractivity contribution >= 4 is 5.91 Å². The molecular formula is C33H61NO5. The first-order valence-corrected chi connectivity index (χ1v) is 15.9. The number of rotatable bonds is 27. The molecule has 0 aliphatic rings. The Kier molecular flexibility index (Phi) is 27.0. The second-order valence-corrected chi connectivity index (χ2v) is 10.8. The van der Waals surface area contributed by atoms with Gasteiger partial charge >= 0.3 is 0 Å². The van der Waals surface area contributed by atoms with Gasteiger partial charge in [-0.25, -0.2) is 0 Å². The lowest BCUT2D eigenvalue weighted by Gasteiger charge is -2.27. The Morgan fingerprint density at radius 3 is 1.64 bits per heavy atom. The summed E-state index contributed by atoms with van der Waals surface area (Å²) in [6.45, 7) is 3.91. The molecule has 6 heteroatoms. The Morgan fingerprint density at radius 1 is 0.615 bits per heavy atom. The van der Waals surface area contributed by atoms with Crippen LogP contribution in [0.4, 0.5) is 0 Å². The largest absolute Gasteiger partial charge is 0.394 e. The van der Waals surface area contributed by atoms with Crippen LogP contribution in [0.15, 0.2) is 36.5 Å². The van der Waals surface area contributed by atoms with Crippen molar-refractivity contribution in [2.24, 2.45) is 0 Å². The van der Waals surface area contributed by atoms with Gasteiger partial charge in [0, 0.05) is 0 Å². The van der Waals surface area contributed by atoms with Crippen LogP contribution in [0.5, 0.6) is 0 Å². The second-order valence-electron chi connectivity index (χ2n) is 10.8. The number of unbranched alkanes of at least 4 members (excludes halogenated alkanes) is 12. The van der Waals surface area contributed by atoms with E-state index in [1.165, 1.54) is 64.2 Å². The Balaban J connectivity index is 4.01. The van der Waals surface area contributed by atoms with E-state index in [1.54, 1.807) is 0 Å². The van der Waals surface area contributed by atoms with Crippen LogP contribution < -0.4 is 5.32 Å². The van der Waals surface area contributed by atoms with Gasteiger partial charge < -0.3 is 25.7 Å². The van der Waals surface area contributed by atoms with E-state index in [1.807, 2.05) is 6.08 Å². The number of carbonyl (C=O) groups is 1. The molecule has 0 radical (unpaired) electrons. The van der Waals surface area contributed by atoms with Crippen LogP contribution in [0.25, 0.3) is 0 Å². The Morgan fingerprint density at radius 2 is 1.08 bits per heavy atom. The quantitative estimate of drug-likeness (QED) is 0.0579. The highest BCUT2D eigenvalue weighted by Crippen LogP contribution is 2.11. The van der Waals surface area contributed by atoms with Crippen molar-refractivity contribution in [3.63, 3.8) is 0 Å². The minimum atomic E-state index is -1.30. The molecule has 0 rings (SSSR count). The van der Waals surface area contributed by atoms with E-state index in [4.69, 9.17) is 0 Å². The van der Waals surface area contributed by atoms with E-state index in [9.17, 15) is 25.2 Å². The highest BCUT2D eigenvalue weighted by atomic mass is 16.3. The number of aliphatic hydroxyl groups is 4. The summed E-state index contributed by atoms with van der Waals surface area (Å²) in [6.07, 6.45) is 29.0. The third-order valence-corrected chi connectivity index (χ3v) is 7.06. The Bertz CT molecular complexity index is 634. The van der Waals surface area contributed by atoms with Crippen molar-refractivity contribution in [2.45, 2.75) is 160 Å². The number of nitrogens with one attached hydrogen (secondary N) is 1. The van der Waals surface area contributed by atoms with Gasteiger partial charge in [-0.05, 0) is 70.6 Å². The summed E-state index contributed by atoms with van der Waals surface area (Å²) in [5, 5.41) is 43.0. The molecule has 6 nitrogen and oxygen atoms in total. The van der Waals surface area contributed by atoms with E-state index in [2.05, 4.69) is 49.5 Å². The van der Waals surface area contributed by atoms with Crippen molar-refractivity contribution in [2.75, 3.05) is 6.61 Å². The molecule has 1 amide bonds. The van der Waals surface area contributed by atoms with E-state index >= 15 is 0 Å². The molecule has 0 spiro atoms. The summed E-state index contributed by atoms with van der Waals surface area (Å²) in [4.78, 5) is 12.3. The molecule has 0 saturated carbocycles. The molecule has 0 aliphatic carbocycles. The number of amides is 1. The normalized spacial score (nSPS) is 15.3. The lowest BCUT2D eigenvalue weighted by atomic mass is 10.0. The first kappa shape index (κ1) is 37.5. The lowest BCUT2D eigenvalue weighted by Crippen LogP contribution is -2.53. The Labute approximate surface area is 239 Å². The average molecular weight is 552 g/mol. The van der Waals surface area contributed by atoms with Crippen LogP contribution in [0.2, 0.25) is 0 Å². The van der Waals surface area contributed by atoms with Gasteiger partial charge in [-0.15, -0.1) is 0 Å². The first-order valence-electron chi connectivity index (χ1n) is 15.9. The molecule has 0 aromatic carbocycles. The minimum absolute atomic E-state index is 0.273. The molecule has 4 atom stereocenters. The van der Waals surface area contributed by atoms with Crippen molar-refractivity contribution in [1.82, 2.24) is 5.32 Å². The van der Waals surface area contributed by atoms with Crippen LogP contribution in [-0.4, -0.2) is 57.3 Å². The maximum Gasteiger partial charge on any atom is 0.249 e. The molecular weight excluding hydrogens is 490 g/mol. The summed E-state index contributed by atoms with van der Waals surface area (Å²) in [5.41, 5.74) is 0. The fraction of sp³-hybridized carbons (Fsp3) is 0.788. The van der Waals surface area contributed by atoms with Crippen molar-refractivity contribution in [3.8, 4) is 0 Å². The molecule has 39 heavy (non-hydrogen) atoms. The molecule has 0 fully saturated rings.